The third-order valence-corrected chi connectivity index (χ3v) is 5.22. The maximum Gasteiger partial charge on any atom is 0.332 e. The number of H-pyrrole nitrogens is 1. The van der Waals surface area contributed by atoms with Gasteiger partial charge in [0.15, 0.2) is 11.5 Å². The van der Waals surface area contributed by atoms with Crippen molar-refractivity contribution in [1.29, 1.82) is 0 Å². The minimum absolute atomic E-state index is 0.199. The number of halogens is 1. The minimum atomic E-state index is -0.392. The van der Waals surface area contributed by atoms with Gasteiger partial charge in [-0.15, -0.1) is 0 Å². The fourth-order valence-corrected chi connectivity index (χ4v) is 3.64. The lowest BCUT2D eigenvalue weighted by molar-refractivity contribution is -0.914. The summed E-state index contributed by atoms with van der Waals surface area (Å²) in [6.45, 7) is 3.79. The maximum atomic E-state index is 14.0. The van der Waals surface area contributed by atoms with Gasteiger partial charge in [-0.25, -0.2) is 14.2 Å². The van der Waals surface area contributed by atoms with Crippen LogP contribution >= 0.6 is 0 Å². The van der Waals surface area contributed by atoms with Crippen LogP contribution in [-0.4, -0.2) is 45.3 Å². The van der Waals surface area contributed by atoms with Crippen molar-refractivity contribution >= 4 is 16.9 Å². The number of anilines is 1. The van der Waals surface area contributed by atoms with Gasteiger partial charge in [-0.1, -0.05) is 12.1 Å². The number of hydrogen-bond acceptors (Lipinski definition) is 4. The zero-order valence-electron chi connectivity index (χ0n) is 15.3. The molecule has 0 unspecified atom stereocenters. The second-order valence-electron chi connectivity index (χ2n) is 6.95. The molecule has 2 N–H and O–H groups in total. The molecule has 2 aromatic heterocycles. The molecule has 0 amide bonds. The Labute approximate surface area is 154 Å². The number of aromatic amines is 1. The van der Waals surface area contributed by atoms with Crippen LogP contribution in [-0.2, 0) is 20.6 Å². The number of benzene rings is 1. The van der Waals surface area contributed by atoms with Crippen LogP contribution in [0.2, 0.25) is 0 Å². The molecule has 0 aliphatic carbocycles. The van der Waals surface area contributed by atoms with Crippen LogP contribution in [0.5, 0.6) is 0 Å². The normalized spacial score (nSPS) is 15.6. The van der Waals surface area contributed by atoms with Crippen molar-refractivity contribution in [1.82, 2.24) is 19.1 Å². The highest BCUT2D eigenvalue weighted by Crippen LogP contribution is 2.18. The van der Waals surface area contributed by atoms with Crippen molar-refractivity contribution in [3.8, 4) is 0 Å². The van der Waals surface area contributed by atoms with Crippen molar-refractivity contribution in [2.24, 2.45) is 14.1 Å². The Morgan fingerprint density at radius 1 is 1.15 bits per heavy atom. The molecule has 27 heavy (non-hydrogen) atoms. The first-order chi connectivity index (χ1) is 13.0. The molecule has 0 saturated carbocycles. The summed E-state index contributed by atoms with van der Waals surface area (Å²) in [6, 6.07) is 6.82. The van der Waals surface area contributed by atoms with E-state index in [1.807, 2.05) is 6.07 Å². The molecule has 1 aromatic carbocycles. The smallest absolute Gasteiger partial charge is 0.332 e. The summed E-state index contributed by atoms with van der Waals surface area (Å²) in [5.41, 5.74) is 0.600. The van der Waals surface area contributed by atoms with Crippen LogP contribution in [0.3, 0.4) is 0 Å². The molecule has 1 aliphatic heterocycles. The molecular weight excluding hydrogens is 351 g/mol. The molecule has 0 atom stereocenters. The van der Waals surface area contributed by atoms with Gasteiger partial charge in [0.05, 0.1) is 31.9 Å². The molecule has 3 heterocycles. The highest BCUT2D eigenvalue weighted by Gasteiger charge is 2.23. The lowest BCUT2D eigenvalue weighted by Crippen LogP contribution is -3.13. The fraction of sp³-hybridized carbons (Fsp3) is 0.389. The number of piperazine rings is 1. The predicted octanol–water partition coefficient (Wildman–Crippen LogP) is -0.995. The number of aryl methyl sites for hydroxylation is 1. The van der Waals surface area contributed by atoms with Crippen molar-refractivity contribution in [3.63, 3.8) is 0 Å². The monoisotopic (exact) mass is 373 g/mol. The van der Waals surface area contributed by atoms with Crippen LogP contribution in [0, 0.1) is 5.82 Å². The molecule has 8 nitrogen and oxygen atoms in total. The molecule has 4 rings (SSSR count). The number of nitrogens with one attached hydrogen (secondary N) is 2. The summed E-state index contributed by atoms with van der Waals surface area (Å²) in [5, 5.41) is 0. The Morgan fingerprint density at radius 3 is 2.56 bits per heavy atom. The molecule has 1 aliphatic rings. The van der Waals surface area contributed by atoms with Gasteiger partial charge >= 0.3 is 5.69 Å². The number of para-hydroxylation sites is 1. The van der Waals surface area contributed by atoms with Gasteiger partial charge in [0.25, 0.3) is 5.56 Å². The van der Waals surface area contributed by atoms with Gasteiger partial charge in [0, 0.05) is 14.1 Å². The number of fused-ring (bicyclic) bond motifs is 1. The van der Waals surface area contributed by atoms with Crippen LogP contribution in [0.4, 0.5) is 10.1 Å². The second-order valence-corrected chi connectivity index (χ2v) is 6.95. The van der Waals surface area contributed by atoms with Gasteiger partial charge in [-0.05, 0) is 12.1 Å². The van der Waals surface area contributed by atoms with Crippen molar-refractivity contribution < 1.29 is 9.29 Å². The SMILES string of the molecule is Cn1c(=O)c2[nH]c(C[NH+]3CCN(c4ccccc4F)CC3)nc2n(C)c1=O. The standard InChI is InChI=1S/C18H21FN6O2/c1-22-16-15(17(26)23(2)18(22)27)20-14(21-16)11-24-7-9-25(10-8-24)13-6-4-3-5-12(13)19/h3-6H,7-11H2,1-2H3,(H,20,21)/p+1. The molecular formula is C18H22FN6O2+. The van der Waals surface area contributed by atoms with Crippen LogP contribution < -0.4 is 21.0 Å². The third kappa shape index (κ3) is 3.03. The van der Waals surface area contributed by atoms with E-state index >= 15 is 0 Å². The van der Waals surface area contributed by atoms with E-state index < -0.39 is 5.69 Å². The number of rotatable bonds is 3. The molecule has 0 spiro atoms. The fourth-order valence-electron chi connectivity index (χ4n) is 3.64. The predicted molar refractivity (Wildman–Crippen MR) is 99.6 cm³/mol. The molecule has 0 radical (unpaired) electrons. The van der Waals surface area contributed by atoms with Gasteiger partial charge in [-0.2, -0.15) is 0 Å². The molecule has 1 saturated heterocycles. The number of imidazole rings is 1. The van der Waals surface area contributed by atoms with E-state index in [0.29, 0.717) is 29.2 Å². The highest BCUT2D eigenvalue weighted by molar-refractivity contribution is 5.69. The summed E-state index contributed by atoms with van der Waals surface area (Å²) in [4.78, 5) is 35.2. The average molecular weight is 373 g/mol. The summed E-state index contributed by atoms with van der Waals surface area (Å²) in [6.07, 6.45) is 0. The van der Waals surface area contributed by atoms with E-state index in [4.69, 9.17) is 0 Å². The summed E-state index contributed by atoms with van der Waals surface area (Å²) >= 11 is 0. The lowest BCUT2D eigenvalue weighted by Gasteiger charge is -2.33. The molecule has 142 valence electrons. The second kappa shape index (κ2) is 6.66. The Hall–Kier alpha value is -2.94. The van der Waals surface area contributed by atoms with Gasteiger partial charge in [0.2, 0.25) is 0 Å². The largest absolute Gasteiger partial charge is 0.358 e. The topological polar surface area (TPSA) is 80.4 Å². The number of aromatic nitrogens is 4. The van der Waals surface area contributed by atoms with E-state index in [1.54, 1.807) is 19.2 Å². The van der Waals surface area contributed by atoms with Crippen LogP contribution in [0.25, 0.3) is 11.2 Å². The summed E-state index contributed by atoms with van der Waals surface area (Å²) in [5.74, 6) is 0.479. The van der Waals surface area contributed by atoms with E-state index in [2.05, 4.69) is 14.9 Å². The first kappa shape index (κ1) is 17.5. The number of nitrogens with zero attached hydrogens (tertiary/aromatic N) is 4. The minimum Gasteiger partial charge on any atom is -0.358 e. The third-order valence-electron chi connectivity index (χ3n) is 5.22. The Morgan fingerprint density at radius 2 is 1.85 bits per heavy atom. The van der Waals surface area contributed by atoms with Crippen LogP contribution in [0.1, 0.15) is 5.82 Å². The van der Waals surface area contributed by atoms with Gasteiger partial charge in [-0.3, -0.25) is 13.9 Å². The highest BCUT2D eigenvalue weighted by atomic mass is 19.1. The van der Waals surface area contributed by atoms with Crippen molar-refractivity contribution in [2.45, 2.75) is 6.54 Å². The molecule has 9 heteroatoms. The van der Waals surface area contributed by atoms with Crippen molar-refractivity contribution in [3.05, 3.63) is 56.7 Å². The van der Waals surface area contributed by atoms with E-state index in [-0.39, 0.29) is 11.4 Å². The van der Waals surface area contributed by atoms with Gasteiger partial charge in [0.1, 0.15) is 17.9 Å². The van der Waals surface area contributed by atoms with E-state index in [9.17, 15) is 14.0 Å². The number of quaternary nitrogens is 1. The van der Waals surface area contributed by atoms with E-state index in [1.165, 1.54) is 22.6 Å². The quantitative estimate of drug-likeness (QED) is 0.618. The van der Waals surface area contributed by atoms with Crippen molar-refractivity contribution in [2.75, 3.05) is 31.1 Å². The Kier molecular flexibility index (Phi) is 4.31. The average Bonchev–Trinajstić information content (AvgIpc) is 3.10. The molecule has 1 fully saturated rings. The van der Waals surface area contributed by atoms with E-state index in [0.717, 1.165) is 30.7 Å². The van der Waals surface area contributed by atoms with Crippen LogP contribution in [0.15, 0.2) is 33.9 Å². The molecule has 0 bridgehead atoms. The molecule has 3 aromatic rings. The first-order valence-corrected chi connectivity index (χ1v) is 8.93. The zero-order valence-corrected chi connectivity index (χ0v) is 15.3. The van der Waals surface area contributed by atoms with Gasteiger partial charge < -0.3 is 14.8 Å². The Balaban J connectivity index is 1.51. The lowest BCUT2D eigenvalue weighted by atomic mass is 10.2. The number of hydrogen-bond donors (Lipinski definition) is 2. The summed E-state index contributed by atoms with van der Waals surface area (Å²) < 4.78 is 16.4. The first-order valence-electron chi connectivity index (χ1n) is 8.93. The summed E-state index contributed by atoms with van der Waals surface area (Å²) in [7, 11) is 3.06. The Bertz CT molecular complexity index is 1110. The maximum absolute atomic E-state index is 14.0. The zero-order chi connectivity index (χ0) is 19.1.